The molecule has 0 amide bonds. The lowest BCUT2D eigenvalue weighted by Crippen LogP contribution is -2.39. The number of Topliss-reactive ketones (excluding diaryl/α,β-unsaturated/α-hetero) is 1. The topological polar surface area (TPSA) is 71.0 Å². The van der Waals surface area contributed by atoms with E-state index in [1.807, 2.05) is 35.8 Å². The number of nitrogens with zero attached hydrogens (tertiary/aromatic N) is 4. The first-order chi connectivity index (χ1) is 17.5. The van der Waals surface area contributed by atoms with E-state index in [-0.39, 0.29) is 23.2 Å². The van der Waals surface area contributed by atoms with Crippen molar-refractivity contribution in [3.05, 3.63) is 99.7 Å². The van der Waals surface area contributed by atoms with E-state index in [0.29, 0.717) is 29.9 Å². The fraction of sp³-hybridized carbons (Fsp3) is 0.276. The third-order valence-electron chi connectivity index (χ3n) is 7.11. The van der Waals surface area contributed by atoms with Gasteiger partial charge in [0.15, 0.2) is 5.78 Å². The molecule has 1 aliphatic heterocycles. The van der Waals surface area contributed by atoms with E-state index in [1.54, 1.807) is 34.9 Å². The van der Waals surface area contributed by atoms with Crippen molar-refractivity contribution in [2.24, 2.45) is 5.92 Å². The van der Waals surface area contributed by atoms with Crippen LogP contribution in [0.5, 0.6) is 0 Å². The summed E-state index contributed by atoms with van der Waals surface area (Å²) < 4.78 is 16.7. The van der Waals surface area contributed by atoms with Crippen LogP contribution in [0.1, 0.15) is 34.3 Å². The van der Waals surface area contributed by atoms with Gasteiger partial charge in [-0.2, -0.15) is 5.26 Å². The second-order valence-electron chi connectivity index (χ2n) is 9.36. The average Bonchev–Trinajstić information content (AvgIpc) is 3.20. The van der Waals surface area contributed by atoms with Crippen LogP contribution in [0.3, 0.4) is 0 Å². The molecule has 2 heterocycles. The summed E-state index contributed by atoms with van der Waals surface area (Å²) in [7, 11) is 0. The number of carbonyl (C=O) groups excluding carboxylic acids is 1. The molecular formula is C29H27FN4O2. The standard InChI is InChI=1S/C29H27FN4O2/c1-20-4-2-7-26-27(20)33(29(36)34(26)25-6-3-5-21(18-25)19-31)17-16-32-14-12-23(13-15-32)28(35)22-8-10-24(30)11-9-22/h2-11,18,23H,12-17H2,1H3. The first-order valence-electron chi connectivity index (χ1n) is 12.2. The van der Waals surface area contributed by atoms with Gasteiger partial charge in [-0.3, -0.25) is 13.9 Å². The van der Waals surface area contributed by atoms with Gasteiger partial charge in [0, 0.05) is 24.6 Å². The summed E-state index contributed by atoms with van der Waals surface area (Å²) in [6.45, 7) is 4.77. The predicted octanol–water partition coefficient (Wildman–Crippen LogP) is 4.71. The molecule has 0 N–H and O–H groups in total. The second kappa shape index (κ2) is 9.92. The van der Waals surface area contributed by atoms with Crippen LogP contribution in [0.4, 0.5) is 4.39 Å². The van der Waals surface area contributed by atoms with Crippen molar-refractivity contribution in [3.8, 4) is 11.8 Å². The maximum Gasteiger partial charge on any atom is 0.333 e. The minimum absolute atomic E-state index is 0.0639. The van der Waals surface area contributed by atoms with Gasteiger partial charge in [-0.15, -0.1) is 0 Å². The molecular weight excluding hydrogens is 455 g/mol. The minimum atomic E-state index is -0.342. The van der Waals surface area contributed by atoms with E-state index >= 15 is 0 Å². The van der Waals surface area contributed by atoms with Gasteiger partial charge in [0.05, 0.1) is 28.4 Å². The van der Waals surface area contributed by atoms with Crippen molar-refractivity contribution < 1.29 is 9.18 Å². The number of hydrogen-bond acceptors (Lipinski definition) is 4. The van der Waals surface area contributed by atoms with Gasteiger partial charge in [-0.25, -0.2) is 9.18 Å². The third-order valence-corrected chi connectivity index (χ3v) is 7.11. The van der Waals surface area contributed by atoms with Crippen LogP contribution in [0.25, 0.3) is 16.7 Å². The molecule has 0 atom stereocenters. The Bertz CT molecular complexity index is 1520. The molecule has 6 nitrogen and oxygen atoms in total. The van der Waals surface area contributed by atoms with E-state index < -0.39 is 0 Å². The highest BCUT2D eigenvalue weighted by Gasteiger charge is 2.26. The number of piperidine rings is 1. The van der Waals surface area contributed by atoms with Gasteiger partial charge in [0.1, 0.15) is 5.82 Å². The molecule has 36 heavy (non-hydrogen) atoms. The number of para-hydroxylation sites is 1. The number of likely N-dealkylation sites (tertiary alicyclic amines) is 1. The first-order valence-corrected chi connectivity index (χ1v) is 12.2. The molecule has 0 aliphatic carbocycles. The minimum Gasteiger partial charge on any atom is -0.302 e. The van der Waals surface area contributed by atoms with Gasteiger partial charge in [-0.1, -0.05) is 18.2 Å². The highest BCUT2D eigenvalue weighted by atomic mass is 19.1. The molecule has 0 bridgehead atoms. The zero-order valence-electron chi connectivity index (χ0n) is 20.2. The monoisotopic (exact) mass is 482 g/mol. The Hall–Kier alpha value is -4.02. The SMILES string of the molecule is Cc1cccc2c1n(CCN1CCC(C(=O)c3ccc(F)cc3)CC1)c(=O)n2-c1cccc(C#N)c1. The smallest absolute Gasteiger partial charge is 0.302 e. The maximum absolute atomic E-state index is 13.6. The maximum atomic E-state index is 13.6. The van der Waals surface area contributed by atoms with Crippen molar-refractivity contribution in [1.82, 2.24) is 14.0 Å². The van der Waals surface area contributed by atoms with Crippen molar-refractivity contribution in [3.63, 3.8) is 0 Å². The zero-order chi connectivity index (χ0) is 25.2. The lowest BCUT2D eigenvalue weighted by atomic mass is 9.89. The summed E-state index contributed by atoms with van der Waals surface area (Å²) in [6, 6.07) is 20.9. The third kappa shape index (κ3) is 4.48. The molecule has 1 saturated heterocycles. The van der Waals surface area contributed by atoms with Crippen LogP contribution in [0.15, 0.2) is 71.5 Å². The van der Waals surface area contributed by atoms with Gasteiger partial charge in [0.2, 0.25) is 0 Å². The Morgan fingerprint density at radius 2 is 1.75 bits per heavy atom. The van der Waals surface area contributed by atoms with E-state index in [2.05, 4.69) is 11.0 Å². The van der Waals surface area contributed by atoms with E-state index in [1.165, 1.54) is 12.1 Å². The highest BCUT2D eigenvalue weighted by Crippen LogP contribution is 2.24. The summed E-state index contributed by atoms with van der Waals surface area (Å²) in [5.41, 5.74) is 4.34. The quantitative estimate of drug-likeness (QED) is 0.373. The average molecular weight is 483 g/mol. The Kier molecular flexibility index (Phi) is 6.53. The molecule has 182 valence electrons. The molecule has 0 spiro atoms. The van der Waals surface area contributed by atoms with E-state index in [4.69, 9.17) is 0 Å². The zero-order valence-corrected chi connectivity index (χ0v) is 20.2. The van der Waals surface area contributed by atoms with Crippen molar-refractivity contribution >= 4 is 16.8 Å². The van der Waals surface area contributed by atoms with Gasteiger partial charge >= 0.3 is 5.69 Å². The lowest BCUT2D eigenvalue weighted by molar-refractivity contribution is 0.0837. The van der Waals surface area contributed by atoms with Crippen molar-refractivity contribution in [2.45, 2.75) is 26.3 Å². The fourth-order valence-electron chi connectivity index (χ4n) is 5.18. The summed E-state index contributed by atoms with van der Waals surface area (Å²) in [4.78, 5) is 28.7. The number of aromatic nitrogens is 2. The molecule has 3 aromatic carbocycles. The number of rotatable bonds is 6. The van der Waals surface area contributed by atoms with Crippen molar-refractivity contribution in [1.29, 1.82) is 5.26 Å². The van der Waals surface area contributed by atoms with Crippen molar-refractivity contribution in [2.75, 3.05) is 19.6 Å². The number of hydrogen-bond donors (Lipinski definition) is 0. The summed E-state index contributed by atoms with van der Waals surface area (Å²) >= 11 is 0. The molecule has 5 rings (SSSR count). The van der Waals surface area contributed by atoms with Crippen LogP contribution < -0.4 is 5.69 Å². The van der Waals surface area contributed by atoms with Gasteiger partial charge in [-0.05, 0) is 86.9 Å². The van der Waals surface area contributed by atoms with Crippen LogP contribution >= 0.6 is 0 Å². The second-order valence-corrected chi connectivity index (χ2v) is 9.36. The number of aryl methyl sites for hydroxylation is 1. The lowest BCUT2D eigenvalue weighted by Gasteiger charge is -2.31. The van der Waals surface area contributed by atoms with Gasteiger partial charge < -0.3 is 4.90 Å². The molecule has 1 aromatic heterocycles. The normalized spacial score (nSPS) is 14.7. The number of carbonyl (C=O) groups is 1. The largest absolute Gasteiger partial charge is 0.333 e. The molecule has 0 unspecified atom stereocenters. The number of ketones is 1. The summed E-state index contributed by atoms with van der Waals surface area (Å²) in [5.74, 6) is -0.332. The Morgan fingerprint density at radius 3 is 2.47 bits per heavy atom. The molecule has 0 saturated carbocycles. The van der Waals surface area contributed by atoms with Crippen LogP contribution in [-0.4, -0.2) is 39.5 Å². The molecule has 4 aromatic rings. The number of benzene rings is 3. The highest BCUT2D eigenvalue weighted by molar-refractivity contribution is 5.97. The summed E-state index contributed by atoms with van der Waals surface area (Å²) in [5, 5.41) is 9.31. The van der Waals surface area contributed by atoms with Crippen LogP contribution in [-0.2, 0) is 6.54 Å². The van der Waals surface area contributed by atoms with E-state index in [0.717, 1.165) is 42.5 Å². The predicted molar refractivity (Wildman–Crippen MR) is 137 cm³/mol. The number of nitriles is 1. The number of halogens is 1. The Morgan fingerprint density at radius 1 is 1.03 bits per heavy atom. The molecule has 7 heteroatoms. The molecule has 1 aliphatic rings. The summed E-state index contributed by atoms with van der Waals surface area (Å²) in [6.07, 6.45) is 1.49. The Balaban J connectivity index is 1.33. The molecule has 1 fully saturated rings. The van der Waals surface area contributed by atoms with Crippen LogP contribution in [0, 0.1) is 30.0 Å². The number of imidazole rings is 1. The number of fused-ring (bicyclic) bond motifs is 1. The Labute approximate surface area is 208 Å². The van der Waals surface area contributed by atoms with Crippen LogP contribution in [0.2, 0.25) is 0 Å². The fourth-order valence-corrected chi connectivity index (χ4v) is 5.18. The van der Waals surface area contributed by atoms with E-state index in [9.17, 15) is 19.2 Å². The van der Waals surface area contributed by atoms with Gasteiger partial charge in [0.25, 0.3) is 0 Å². The first kappa shape index (κ1) is 23.7. The molecule has 0 radical (unpaired) electrons.